The topological polar surface area (TPSA) is 24.9 Å². The molecular formula is C13H14Br2N2S. The van der Waals surface area contributed by atoms with E-state index in [1.807, 2.05) is 12.3 Å². The van der Waals surface area contributed by atoms with E-state index >= 15 is 0 Å². The van der Waals surface area contributed by atoms with Crippen molar-refractivity contribution in [1.29, 1.82) is 0 Å². The van der Waals surface area contributed by atoms with Gasteiger partial charge in [0.15, 0.2) is 0 Å². The van der Waals surface area contributed by atoms with Gasteiger partial charge in [0.25, 0.3) is 0 Å². The number of nitrogens with one attached hydrogen (secondary N) is 1. The molecule has 0 saturated heterocycles. The SMILES string of the molecule is CC(Cc1ccsc1)NCc1ncc(Br)cc1Br. The zero-order valence-corrected chi connectivity index (χ0v) is 14.0. The molecule has 0 bridgehead atoms. The molecule has 0 fully saturated rings. The summed E-state index contributed by atoms with van der Waals surface area (Å²) >= 11 is 8.68. The summed E-state index contributed by atoms with van der Waals surface area (Å²) < 4.78 is 2.02. The molecule has 0 aliphatic rings. The summed E-state index contributed by atoms with van der Waals surface area (Å²) in [6.07, 6.45) is 2.88. The van der Waals surface area contributed by atoms with Gasteiger partial charge in [0.2, 0.25) is 0 Å². The molecule has 2 rings (SSSR count). The predicted octanol–water partition coefficient (Wildman–Crippen LogP) is 4.39. The Morgan fingerprint density at radius 1 is 1.44 bits per heavy atom. The Labute approximate surface area is 128 Å². The second kappa shape index (κ2) is 6.80. The average Bonchev–Trinajstić information content (AvgIpc) is 2.80. The summed E-state index contributed by atoms with van der Waals surface area (Å²) in [5, 5.41) is 7.81. The van der Waals surface area contributed by atoms with Crippen LogP contribution in [0.5, 0.6) is 0 Å². The Bertz CT molecular complexity index is 500. The highest BCUT2D eigenvalue weighted by atomic mass is 79.9. The van der Waals surface area contributed by atoms with Crippen LogP contribution in [0, 0.1) is 0 Å². The van der Waals surface area contributed by atoms with Gasteiger partial charge in [-0.3, -0.25) is 4.98 Å². The average molecular weight is 390 g/mol. The highest BCUT2D eigenvalue weighted by Crippen LogP contribution is 2.19. The zero-order chi connectivity index (χ0) is 13.0. The van der Waals surface area contributed by atoms with Crippen LogP contribution in [0.15, 0.2) is 38.0 Å². The highest BCUT2D eigenvalue weighted by molar-refractivity contribution is 9.11. The third kappa shape index (κ3) is 4.16. The number of halogens is 2. The monoisotopic (exact) mass is 388 g/mol. The van der Waals surface area contributed by atoms with Crippen LogP contribution >= 0.6 is 43.2 Å². The Balaban J connectivity index is 1.87. The third-order valence-corrected chi connectivity index (χ3v) is 4.48. The Morgan fingerprint density at radius 3 is 2.94 bits per heavy atom. The van der Waals surface area contributed by atoms with Gasteiger partial charge in [-0.1, -0.05) is 0 Å². The van der Waals surface area contributed by atoms with Crippen molar-refractivity contribution in [1.82, 2.24) is 10.3 Å². The van der Waals surface area contributed by atoms with E-state index < -0.39 is 0 Å². The summed E-state index contributed by atoms with van der Waals surface area (Å²) in [4.78, 5) is 4.39. The maximum Gasteiger partial charge on any atom is 0.0684 e. The molecule has 0 amide bonds. The molecule has 0 aliphatic carbocycles. The maximum atomic E-state index is 4.39. The quantitative estimate of drug-likeness (QED) is 0.820. The molecule has 5 heteroatoms. The van der Waals surface area contributed by atoms with Gasteiger partial charge in [0, 0.05) is 27.7 Å². The van der Waals surface area contributed by atoms with E-state index in [1.165, 1.54) is 5.56 Å². The molecular weight excluding hydrogens is 376 g/mol. The standard InChI is InChI=1S/C13H14Br2N2S/c1-9(4-10-2-3-18-8-10)16-7-13-12(15)5-11(14)6-17-13/h2-3,5-6,8-9,16H,4,7H2,1H3. The molecule has 1 N–H and O–H groups in total. The van der Waals surface area contributed by atoms with Gasteiger partial charge in [-0.2, -0.15) is 11.3 Å². The number of hydrogen-bond acceptors (Lipinski definition) is 3. The fourth-order valence-corrected chi connectivity index (χ4v) is 3.49. The van der Waals surface area contributed by atoms with E-state index in [2.05, 4.69) is 65.9 Å². The number of pyridine rings is 1. The largest absolute Gasteiger partial charge is 0.308 e. The summed E-state index contributed by atoms with van der Waals surface area (Å²) in [6.45, 7) is 2.98. The molecule has 0 radical (unpaired) electrons. The Hall–Kier alpha value is -0.230. The van der Waals surface area contributed by atoms with Gasteiger partial charge in [-0.25, -0.2) is 0 Å². The summed E-state index contributed by atoms with van der Waals surface area (Å²) in [6, 6.07) is 4.64. The Kier molecular flexibility index (Phi) is 5.36. The van der Waals surface area contributed by atoms with Crippen LogP contribution in [0.4, 0.5) is 0 Å². The zero-order valence-electron chi connectivity index (χ0n) is 9.99. The van der Waals surface area contributed by atoms with E-state index in [0.717, 1.165) is 27.6 Å². The second-order valence-electron chi connectivity index (χ2n) is 4.20. The molecule has 96 valence electrons. The van der Waals surface area contributed by atoms with Gasteiger partial charge in [0.05, 0.1) is 5.69 Å². The Morgan fingerprint density at radius 2 is 2.28 bits per heavy atom. The van der Waals surface area contributed by atoms with Gasteiger partial charge >= 0.3 is 0 Å². The summed E-state index contributed by atoms with van der Waals surface area (Å²) in [5.74, 6) is 0. The van der Waals surface area contributed by atoms with Gasteiger partial charge < -0.3 is 5.32 Å². The number of hydrogen-bond donors (Lipinski definition) is 1. The van der Waals surface area contributed by atoms with Crippen molar-refractivity contribution in [3.05, 3.63) is 49.3 Å². The van der Waals surface area contributed by atoms with Crippen LogP contribution in [0.2, 0.25) is 0 Å². The number of nitrogens with zero attached hydrogens (tertiary/aromatic N) is 1. The fourth-order valence-electron chi connectivity index (χ4n) is 1.68. The molecule has 0 aliphatic heterocycles. The first-order valence-electron chi connectivity index (χ1n) is 5.69. The number of aromatic nitrogens is 1. The smallest absolute Gasteiger partial charge is 0.0684 e. The highest BCUT2D eigenvalue weighted by Gasteiger charge is 2.06. The molecule has 0 saturated carbocycles. The van der Waals surface area contributed by atoms with E-state index in [4.69, 9.17) is 0 Å². The number of rotatable bonds is 5. The van der Waals surface area contributed by atoms with Gasteiger partial charge in [-0.15, -0.1) is 0 Å². The molecule has 0 spiro atoms. The van der Waals surface area contributed by atoms with Crippen LogP contribution in [0.25, 0.3) is 0 Å². The van der Waals surface area contributed by atoms with E-state index in [1.54, 1.807) is 11.3 Å². The lowest BCUT2D eigenvalue weighted by Crippen LogP contribution is -2.27. The minimum atomic E-state index is 0.442. The third-order valence-electron chi connectivity index (χ3n) is 2.62. The predicted molar refractivity (Wildman–Crippen MR) is 84.0 cm³/mol. The van der Waals surface area contributed by atoms with Crippen molar-refractivity contribution in [2.45, 2.75) is 25.9 Å². The lowest BCUT2D eigenvalue weighted by atomic mass is 10.1. The molecule has 0 aromatic carbocycles. The fraction of sp³-hybridized carbons (Fsp3) is 0.308. The molecule has 2 aromatic rings. The van der Waals surface area contributed by atoms with Crippen LogP contribution in [-0.2, 0) is 13.0 Å². The van der Waals surface area contributed by atoms with Gasteiger partial charge in [-0.05, 0) is 73.7 Å². The van der Waals surface area contributed by atoms with E-state index in [0.29, 0.717) is 6.04 Å². The normalized spacial score (nSPS) is 12.6. The first-order chi connectivity index (χ1) is 8.65. The van der Waals surface area contributed by atoms with Crippen LogP contribution in [-0.4, -0.2) is 11.0 Å². The second-order valence-corrected chi connectivity index (χ2v) is 6.75. The summed E-state index contributed by atoms with van der Waals surface area (Å²) in [7, 11) is 0. The minimum absolute atomic E-state index is 0.442. The van der Waals surface area contributed by atoms with Crippen molar-refractivity contribution in [2.75, 3.05) is 0 Å². The number of thiophene rings is 1. The van der Waals surface area contributed by atoms with Crippen molar-refractivity contribution in [3.8, 4) is 0 Å². The molecule has 1 atom stereocenters. The first kappa shape index (κ1) is 14.2. The van der Waals surface area contributed by atoms with Crippen molar-refractivity contribution < 1.29 is 0 Å². The first-order valence-corrected chi connectivity index (χ1v) is 8.22. The molecule has 1 unspecified atom stereocenters. The van der Waals surface area contributed by atoms with Crippen molar-refractivity contribution in [3.63, 3.8) is 0 Å². The van der Waals surface area contributed by atoms with E-state index in [-0.39, 0.29) is 0 Å². The van der Waals surface area contributed by atoms with Crippen LogP contribution < -0.4 is 5.32 Å². The lowest BCUT2D eigenvalue weighted by molar-refractivity contribution is 0.539. The molecule has 2 aromatic heterocycles. The van der Waals surface area contributed by atoms with Gasteiger partial charge in [0.1, 0.15) is 0 Å². The minimum Gasteiger partial charge on any atom is -0.308 e. The lowest BCUT2D eigenvalue weighted by Gasteiger charge is -2.13. The van der Waals surface area contributed by atoms with Crippen LogP contribution in [0.1, 0.15) is 18.2 Å². The molecule has 18 heavy (non-hydrogen) atoms. The molecule has 2 nitrogen and oxygen atoms in total. The van der Waals surface area contributed by atoms with Crippen LogP contribution in [0.3, 0.4) is 0 Å². The van der Waals surface area contributed by atoms with Crippen molar-refractivity contribution in [2.24, 2.45) is 0 Å². The van der Waals surface area contributed by atoms with Crippen molar-refractivity contribution >= 4 is 43.2 Å². The molecule has 2 heterocycles. The van der Waals surface area contributed by atoms with E-state index in [9.17, 15) is 0 Å². The maximum absolute atomic E-state index is 4.39. The summed E-state index contributed by atoms with van der Waals surface area (Å²) in [5.41, 5.74) is 2.43.